The van der Waals surface area contributed by atoms with Gasteiger partial charge in [-0.15, -0.1) is 0 Å². The molecule has 9 heteroatoms. The summed E-state index contributed by atoms with van der Waals surface area (Å²) in [5, 5.41) is 10.9. The fourth-order valence-corrected chi connectivity index (χ4v) is 3.42. The quantitative estimate of drug-likeness (QED) is 0.563. The Balaban J connectivity index is 1.78. The van der Waals surface area contributed by atoms with Gasteiger partial charge >= 0.3 is 11.9 Å². The van der Waals surface area contributed by atoms with Crippen LogP contribution in [0.2, 0.25) is 0 Å². The van der Waals surface area contributed by atoms with E-state index in [2.05, 4.69) is 0 Å². The summed E-state index contributed by atoms with van der Waals surface area (Å²) in [5.41, 5.74) is 0.947. The molecule has 9 nitrogen and oxygen atoms in total. The van der Waals surface area contributed by atoms with Gasteiger partial charge in [-0.2, -0.15) is 0 Å². The van der Waals surface area contributed by atoms with Crippen molar-refractivity contribution < 1.29 is 43.1 Å². The van der Waals surface area contributed by atoms with E-state index >= 15 is 0 Å². The molecule has 2 aromatic rings. The molecular formula is C24H28O9. The van der Waals surface area contributed by atoms with Crippen molar-refractivity contribution >= 4 is 11.9 Å². The molecule has 1 aliphatic rings. The second-order valence-corrected chi connectivity index (χ2v) is 7.48. The van der Waals surface area contributed by atoms with E-state index in [9.17, 15) is 14.7 Å². The van der Waals surface area contributed by atoms with Crippen molar-refractivity contribution in [3.63, 3.8) is 0 Å². The number of esters is 2. The summed E-state index contributed by atoms with van der Waals surface area (Å²) in [4.78, 5) is 23.5. The number of aliphatic hydroxyl groups excluding tert-OH is 1. The predicted octanol–water partition coefficient (Wildman–Crippen LogP) is 2.24. The number of carbonyl (C=O) groups excluding carboxylic acids is 2. The molecule has 5 atom stereocenters. The lowest BCUT2D eigenvalue weighted by Gasteiger charge is -2.42. The second kappa shape index (κ2) is 11.6. The number of rotatable bonds is 9. The molecule has 0 aliphatic carbocycles. The van der Waals surface area contributed by atoms with Crippen LogP contribution in [0.25, 0.3) is 0 Å². The molecule has 1 N–H and O–H groups in total. The van der Waals surface area contributed by atoms with Crippen LogP contribution in [0.4, 0.5) is 0 Å². The summed E-state index contributed by atoms with van der Waals surface area (Å²) < 4.78 is 33.4. The molecule has 33 heavy (non-hydrogen) atoms. The number of ether oxygens (including phenoxy) is 6. The highest BCUT2D eigenvalue weighted by atomic mass is 16.7. The molecule has 0 spiro atoms. The summed E-state index contributed by atoms with van der Waals surface area (Å²) in [6.45, 7) is 2.69. The van der Waals surface area contributed by atoms with E-state index in [4.69, 9.17) is 28.4 Å². The first-order valence-corrected chi connectivity index (χ1v) is 10.5. The molecule has 178 valence electrons. The zero-order valence-corrected chi connectivity index (χ0v) is 18.7. The van der Waals surface area contributed by atoms with E-state index in [-0.39, 0.29) is 6.61 Å². The topological polar surface area (TPSA) is 110 Å². The van der Waals surface area contributed by atoms with E-state index in [1.807, 2.05) is 30.3 Å². The van der Waals surface area contributed by atoms with Crippen molar-refractivity contribution in [2.45, 2.75) is 51.2 Å². The lowest BCUT2D eigenvalue weighted by molar-refractivity contribution is -0.287. The third-order valence-corrected chi connectivity index (χ3v) is 4.93. The molecular weight excluding hydrogens is 432 g/mol. The Morgan fingerprint density at radius 1 is 0.909 bits per heavy atom. The highest BCUT2D eigenvalue weighted by Gasteiger charge is 2.50. The molecule has 0 amide bonds. The van der Waals surface area contributed by atoms with Crippen molar-refractivity contribution in [2.24, 2.45) is 0 Å². The first-order valence-electron chi connectivity index (χ1n) is 10.5. The predicted molar refractivity (Wildman–Crippen MR) is 115 cm³/mol. The number of benzene rings is 2. The molecule has 0 saturated carbocycles. The summed E-state index contributed by atoms with van der Waals surface area (Å²) >= 11 is 0. The van der Waals surface area contributed by atoms with Crippen LogP contribution in [0.5, 0.6) is 11.5 Å². The molecule has 0 radical (unpaired) electrons. The summed E-state index contributed by atoms with van der Waals surface area (Å²) in [5.74, 6) is -0.260. The van der Waals surface area contributed by atoms with Crippen LogP contribution in [0.15, 0.2) is 54.6 Å². The molecule has 1 heterocycles. The van der Waals surface area contributed by atoms with E-state index in [0.29, 0.717) is 18.1 Å². The van der Waals surface area contributed by atoms with Crippen molar-refractivity contribution in [1.82, 2.24) is 0 Å². The van der Waals surface area contributed by atoms with Crippen molar-refractivity contribution in [2.75, 3.05) is 13.7 Å². The highest BCUT2D eigenvalue weighted by Crippen LogP contribution is 2.29. The molecule has 0 unspecified atom stereocenters. The van der Waals surface area contributed by atoms with Gasteiger partial charge in [-0.25, -0.2) is 0 Å². The maximum absolute atomic E-state index is 11.7. The maximum Gasteiger partial charge on any atom is 0.303 e. The van der Waals surface area contributed by atoms with Crippen LogP contribution < -0.4 is 9.47 Å². The molecule has 1 fully saturated rings. The summed E-state index contributed by atoms with van der Waals surface area (Å²) in [6.07, 6.45) is -5.80. The van der Waals surface area contributed by atoms with Gasteiger partial charge in [0.2, 0.25) is 12.4 Å². The maximum atomic E-state index is 11.7. The van der Waals surface area contributed by atoms with E-state index in [1.165, 1.54) is 13.8 Å². The number of hydrogen-bond acceptors (Lipinski definition) is 9. The minimum absolute atomic E-state index is 0.0108. The molecule has 1 saturated heterocycles. The lowest BCUT2D eigenvalue weighted by Crippen LogP contribution is -2.62. The SMILES string of the molecule is COc1ccc(O[C@@H]2O[C@H](COCc3ccccc3)[C@H](O)[C@H](OC(C)=O)[C@H]2OC(C)=O)cc1. The zero-order valence-electron chi connectivity index (χ0n) is 18.7. The molecule has 1 aliphatic heterocycles. The minimum Gasteiger partial charge on any atom is -0.497 e. The standard InChI is InChI=1S/C24H28O9/c1-15(25)30-22-21(27)20(14-29-13-17-7-5-4-6-8-17)33-24(23(22)31-16(2)26)32-19-11-9-18(28-3)10-12-19/h4-12,20-24,27H,13-14H2,1-3H3/t20-,21+,22+,23-,24-/m1/s1. The minimum atomic E-state index is -1.32. The van der Waals surface area contributed by atoms with Gasteiger partial charge in [0.25, 0.3) is 0 Å². The number of methoxy groups -OCH3 is 1. The number of hydrogen-bond donors (Lipinski definition) is 1. The van der Waals surface area contributed by atoms with E-state index < -0.39 is 42.6 Å². The Morgan fingerprint density at radius 3 is 2.12 bits per heavy atom. The average molecular weight is 460 g/mol. The normalized spacial score (nSPS) is 24.5. The Kier molecular flexibility index (Phi) is 8.65. The van der Waals surface area contributed by atoms with Crippen LogP contribution >= 0.6 is 0 Å². The zero-order chi connectivity index (χ0) is 23.8. The van der Waals surface area contributed by atoms with E-state index in [0.717, 1.165) is 5.56 Å². The molecule has 3 rings (SSSR count). The summed E-state index contributed by atoms with van der Waals surface area (Å²) in [6, 6.07) is 16.2. The van der Waals surface area contributed by atoms with Crippen LogP contribution in [0.1, 0.15) is 19.4 Å². The molecule has 0 bridgehead atoms. The molecule has 2 aromatic carbocycles. The fourth-order valence-electron chi connectivity index (χ4n) is 3.42. The van der Waals surface area contributed by atoms with Gasteiger partial charge in [-0.05, 0) is 29.8 Å². The van der Waals surface area contributed by atoms with Gasteiger partial charge in [0.05, 0.1) is 20.3 Å². The Hall–Kier alpha value is -3.14. The number of aliphatic hydroxyl groups is 1. The van der Waals surface area contributed by atoms with Gasteiger partial charge in [0.1, 0.15) is 23.7 Å². The van der Waals surface area contributed by atoms with E-state index in [1.54, 1.807) is 31.4 Å². The van der Waals surface area contributed by atoms with Gasteiger partial charge in [-0.1, -0.05) is 30.3 Å². The van der Waals surface area contributed by atoms with Gasteiger partial charge in [-0.3, -0.25) is 9.59 Å². The van der Waals surface area contributed by atoms with Crippen LogP contribution in [0, 0.1) is 0 Å². The average Bonchev–Trinajstić information content (AvgIpc) is 2.79. The van der Waals surface area contributed by atoms with Crippen LogP contribution in [-0.2, 0) is 35.1 Å². The number of carbonyl (C=O) groups is 2. The highest BCUT2D eigenvalue weighted by molar-refractivity contribution is 5.67. The Labute approximate surface area is 192 Å². The third-order valence-electron chi connectivity index (χ3n) is 4.93. The van der Waals surface area contributed by atoms with Crippen LogP contribution in [-0.4, -0.2) is 61.5 Å². The van der Waals surface area contributed by atoms with Crippen LogP contribution in [0.3, 0.4) is 0 Å². The smallest absolute Gasteiger partial charge is 0.303 e. The molecule has 0 aromatic heterocycles. The van der Waals surface area contributed by atoms with Crippen molar-refractivity contribution in [1.29, 1.82) is 0 Å². The first kappa shape index (κ1) is 24.5. The van der Waals surface area contributed by atoms with Gasteiger partial charge in [0.15, 0.2) is 6.10 Å². The Morgan fingerprint density at radius 2 is 1.52 bits per heavy atom. The van der Waals surface area contributed by atoms with Crippen molar-refractivity contribution in [3.8, 4) is 11.5 Å². The fraction of sp³-hybridized carbons (Fsp3) is 0.417. The first-order chi connectivity index (χ1) is 15.9. The monoisotopic (exact) mass is 460 g/mol. The van der Waals surface area contributed by atoms with Gasteiger partial charge < -0.3 is 33.5 Å². The van der Waals surface area contributed by atoms with Crippen molar-refractivity contribution in [3.05, 3.63) is 60.2 Å². The van der Waals surface area contributed by atoms with Gasteiger partial charge in [0, 0.05) is 13.8 Å². The second-order valence-electron chi connectivity index (χ2n) is 7.48. The third kappa shape index (κ3) is 6.92. The lowest BCUT2D eigenvalue weighted by atomic mass is 9.98. The summed E-state index contributed by atoms with van der Waals surface area (Å²) in [7, 11) is 1.54. The largest absolute Gasteiger partial charge is 0.497 e. The Bertz CT molecular complexity index is 900.